The van der Waals surface area contributed by atoms with Crippen molar-refractivity contribution in [2.75, 3.05) is 11.6 Å². The topological polar surface area (TPSA) is 76.1 Å². The van der Waals surface area contributed by atoms with Crippen LogP contribution in [0.4, 0.5) is 5.69 Å². The zero-order chi connectivity index (χ0) is 19.4. The van der Waals surface area contributed by atoms with E-state index in [1.54, 1.807) is 30.0 Å². The number of anilines is 1. The van der Waals surface area contributed by atoms with Crippen LogP contribution in [0.2, 0.25) is 0 Å². The van der Waals surface area contributed by atoms with Crippen molar-refractivity contribution in [2.24, 2.45) is 0 Å². The van der Waals surface area contributed by atoms with Crippen LogP contribution in [-0.2, 0) is 9.84 Å². The summed E-state index contributed by atoms with van der Waals surface area (Å²) in [6.07, 6.45) is 3.22. The first-order valence-electron chi connectivity index (χ1n) is 7.82. The molecule has 0 aliphatic heterocycles. The quantitative estimate of drug-likeness (QED) is 0.558. The van der Waals surface area contributed by atoms with Gasteiger partial charge in [-0.25, -0.2) is 13.4 Å². The highest BCUT2D eigenvalue weighted by Crippen LogP contribution is 2.22. The van der Waals surface area contributed by atoms with Crippen molar-refractivity contribution in [2.45, 2.75) is 14.8 Å². The third-order valence-electron chi connectivity index (χ3n) is 3.73. The van der Waals surface area contributed by atoms with Gasteiger partial charge in [0.05, 0.1) is 10.5 Å². The van der Waals surface area contributed by atoms with Crippen LogP contribution in [0.3, 0.4) is 0 Å². The van der Waals surface area contributed by atoms with E-state index in [1.165, 1.54) is 30.5 Å². The minimum atomic E-state index is -3.73. The molecule has 0 aliphatic carbocycles. The van der Waals surface area contributed by atoms with E-state index in [0.29, 0.717) is 5.69 Å². The van der Waals surface area contributed by atoms with Crippen LogP contribution in [0.15, 0.2) is 86.2 Å². The van der Waals surface area contributed by atoms with Crippen molar-refractivity contribution in [3.05, 3.63) is 76.9 Å². The number of hydrogen-bond donors (Lipinski definition) is 1. The molecule has 1 N–H and O–H groups in total. The molecule has 0 bridgehead atoms. The predicted octanol–water partition coefficient (Wildman–Crippen LogP) is 4.65. The average molecular weight is 463 g/mol. The minimum Gasteiger partial charge on any atom is -0.322 e. The van der Waals surface area contributed by atoms with E-state index in [9.17, 15) is 13.2 Å². The number of nitrogens with one attached hydrogen (secondary N) is 1. The van der Waals surface area contributed by atoms with Crippen LogP contribution >= 0.6 is 27.7 Å². The Morgan fingerprint density at radius 2 is 1.81 bits per heavy atom. The van der Waals surface area contributed by atoms with Crippen LogP contribution < -0.4 is 5.32 Å². The lowest BCUT2D eigenvalue weighted by atomic mass is 10.2. The van der Waals surface area contributed by atoms with Crippen LogP contribution in [-0.4, -0.2) is 25.6 Å². The molecule has 138 valence electrons. The summed E-state index contributed by atoms with van der Waals surface area (Å²) in [6.45, 7) is 0. The van der Waals surface area contributed by atoms with E-state index in [1.807, 2.05) is 24.5 Å². The van der Waals surface area contributed by atoms with E-state index >= 15 is 0 Å². The van der Waals surface area contributed by atoms with Gasteiger partial charge in [-0.15, -0.1) is 11.8 Å². The summed E-state index contributed by atoms with van der Waals surface area (Å²) in [4.78, 5) is 17.5. The molecule has 0 atom stereocenters. The number of amides is 1. The number of benzene rings is 2. The number of halogens is 1. The molecular formula is C19H15BrN2O3S2. The zero-order valence-corrected chi connectivity index (χ0v) is 17.4. The summed E-state index contributed by atoms with van der Waals surface area (Å²) < 4.78 is 26.0. The van der Waals surface area contributed by atoms with Gasteiger partial charge < -0.3 is 5.32 Å². The van der Waals surface area contributed by atoms with E-state index in [-0.39, 0.29) is 21.4 Å². The molecule has 3 aromatic rings. The Morgan fingerprint density at radius 1 is 1.07 bits per heavy atom. The van der Waals surface area contributed by atoms with Crippen molar-refractivity contribution < 1.29 is 13.2 Å². The van der Waals surface area contributed by atoms with Crippen molar-refractivity contribution in [1.82, 2.24) is 4.98 Å². The molecule has 1 heterocycles. The Hall–Kier alpha value is -2.16. The fourth-order valence-corrected chi connectivity index (χ4v) is 4.21. The molecule has 0 aliphatic rings. The summed E-state index contributed by atoms with van der Waals surface area (Å²) in [6, 6.07) is 16.5. The second kappa shape index (κ2) is 8.24. The van der Waals surface area contributed by atoms with Crippen LogP contribution in [0.25, 0.3) is 0 Å². The Morgan fingerprint density at radius 3 is 2.44 bits per heavy atom. The van der Waals surface area contributed by atoms with Gasteiger partial charge in [0.2, 0.25) is 9.84 Å². The molecule has 0 radical (unpaired) electrons. The standard InChI is InChI=1S/C19H15BrN2O3S2/c1-26-16-4-2-3-15(11-16)22-19(23)13-5-10-18(21-12-13)27(24,25)17-8-6-14(20)7-9-17/h2-12H,1H3,(H,22,23). The monoisotopic (exact) mass is 462 g/mol. The highest BCUT2D eigenvalue weighted by molar-refractivity contribution is 9.10. The van der Waals surface area contributed by atoms with Crippen LogP contribution in [0.1, 0.15) is 10.4 Å². The number of aromatic nitrogens is 1. The lowest BCUT2D eigenvalue weighted by Crippen LogP contribution is -2.13. The third kappa shape index (κ3) is 4.58. The van der Waals surface area contributed by atoms with Crippen LogP contribution in [0, 0.1) is 0 Å². The fourth-order valence-electron chi connectivity index (χ4n) is 2.31. The number of rotatable bonds is 5. The molecule has 0 unspecified atom stereocenters. The summed E-state index contributed by atoms with van der Waals surface area (Å²) in [5.74, 6) is -0.353. The van der Waals surface area contributed by atoms with Crippen LogP contribution in [0.5, 0.6) is 0 Å². The first kappa shape index (κ1) is 19.6. The average Bonchev–Trinajstić information content (AvgIpc) is 2.68. The smallest absolute Gasteiger partial charge is 0.257 e. The van der Waals surface area contributed by atoms with E-state index in [2.05, 4.69) is 26.2 Å². The predicted molar refractivity (Wildman–Crippen MR) is 110 cm³/mol. The molecular weight excluding hydrogens is 448 g/mol. The van der Waals surface area contributed by atoms with Gasteiger partial charge in [0, 0.05) is 21.3 Å². The Labute approximate surface area is 170 Å². The molecule has 8 heteroatoms. The molecule has 0 spiro atoms. The van der Waals surface area contributed by atoms with Crippen molar-refractivity contribution in [1.29, 1.82) is 0 Å². The maximum atomic E-state index is 12.6. The number of thioether (sulfide) groups is 1. The summed E-state index contributed by atoms with van der Waals surface area (Å²) in [5, 5.41) is 2.68. The van der Waals surface area contributed by atoms with Gasteiger partial charge in [-0.1, -0.05) is 22.0 Å². The SMILES string of the molecule is CSc1cccc(NC(=O)c2ccc(S(=O)(=O)c3ccc(Br)cc3)nc2)c1. The molecule has 0 saturated carbocycles. The van der Waals surface area contributed by atoms with E-state index in [0.717, 1.165) is 9.37 Å². The molecule has 0 saturated heterocycles. The van der Waals surface area contributed by atoms with Gasteiger partial charge in [0.15, 0.2) is 5.03 Å². The van der Waals surface area contributed by atoms with Crippen molar-refractivity contribution in [3.8, 4) is 0 Å². The van der Waals surface area contributed by atoms with Gasteiger partial charge in [0.1, 0.15) is 0 Å². The number of nitrogens with zero attached hydrogens (tertiary/aromatic N) is 1. The number of carbonyl (C=O) groups excluding carboxylic acids is 1. The van der Waals surface area contributed by atoms with Gasteiger partial charge >= 0.3 is 0 Å². The third-order valence-corrected chi connectivity index (χ3v) is 6.66. The molecule has 3 rings (SSSR count). The van der Waals surface area contributed by atoms with Gasteiger partial charge in [0.25, 0.3) is 5.91 Å². The summed E-state index contributed by atoms with van der Waals surface area (Å²) >= 11 is 4.85. The van der Waals surface area contributed by atoms with Crippen molar-refractivity contribution in [3.63, 3.8) is 0 Å². The highest BCUT2D eigenvalue weighted by atomic mass is 79.9. The number of carbonyl (C=O) groups is 1. The first-order chi connectivity index (χ1) is 12.9. The fraction of sp³-hybridized carbons (Fsp3) is 0.0526. The molecule has 1 aromatic heterocycles. The summed E-state index contributed by atoms with van der Waals surface area (Å²) in [5.41, 5.74) is 0.942. The molecule has 0 fully saturated rings. The van der Waals surface area contributed by atoms with E-state index < -0.39 is 9.84 Å². The lowest BCUT2D eigenvalue weighted by Gasteiger charge is -2.08. The number of pyridine rings is 1. The second-order valence-electron chi connectivity index (χ2n) is 5.53. The Balaban J connectivity index is 1.80. The maximum absolute atomic E-state index is 12.6. The molecule has 27 heavy (non-hydrogen) atoms. The lowest BCUT2D eigenvalue weighted by molar-refractivity contribution is 0.102. The van der Waals surface area contributed by atoms with Gasteiger partial charge in [-0.3, -0.25) is 4.79 Å². The normalized spacial score (nSPS) is 11.2. The molecule has 1 amide bonds. The second-order valence-corrected chi connectivity index (χ2v) is 9.22. The van der Waals surface area contributed by atoms with Gasteiger partial charge in [-0.2, -0.15) is 0 Å². The molecule has 2 aromatic carbocycles. The minimum absolute atomic E-state index is 0.106. The Kier molecular flexibility index (Phi) is 5.98. The molecule has 5 nitrogen and oxygen atoms in total. The van der Waals surface area contributed by atoms with Gasteiger partial charge in [-0.05, 0) is 60.9 Å². The zero-order valence-electron chi connectivity index (χ0n) is 14.2. The maximum Gasteiger partial charge on any atom is 0.257 e. The van der Waals surface area contributed by atoms with E-state index in [4.69, 9.17) is 0 Å². The summed E-state index contributed by atoms with van der Waals surface area (Å²) in [7, 11) is -3.73. The largest absolute Gasteiger partial charge is 0.322 e. The first-order valence-corrected chi connectivity index (χ1v) is 11.3. The highest BCUT2D eigenvalue weighted by Gasteiger charge is 2.19. The Bertz CT molecular complexity index is 1070. The van der Waals surface area contributed by atoms with Crippen molar-refractivity contribution >= 4 is 49.1 Å². The number of hydrogen-bond acceptors (Lipinski definition) is 5. The number of sulfone groups is 1.